The van der Waals surface area contributed by atoms with Gasteiger partial charge in [-0.25, -0.2) is 0 Å². The second kappa shape index (κ2) is 10.4. The Labute approximate surface area is 188 Å². The van der Waals surface area contributed by atoms with E-state index in [9.17, 15) is 9.59 Å². The van der Waals surface area contributed by atoms with Crippen molar-refractivity contribution in [1.29, 1.82) is 0 Å². The molecule has 0 unspecified atom stereocenters. The van der Waals surface area contributed by atoms with Crippen molar-refractivity contribution in [1.82, 2.24) is 4.90 Å². The topological polar surface area (TPSA) is 74.3 Å². The molecule has 0 spiro atoms. The summed E-state index contributed by atoms with van der Waals surface area (Å²) in [5, 5.41) is 0. The first-order valence-electron chi connectivity index (χ1n) is 11.2. The van der Waals surface area contributed by atoms with Crippen molar-refractivity contribution in [2.45, 2.75) is 26.2 Å². The molecule has 2 heterocycles. The Kier molecular flexibility index (Phi) is 7.14. The number of carbonyl (C=O) groups is 2. The average molecular weight is 440 g/mol. The first kappa shape index (κ1) is 22.0. The predicted octanol–water partition coefficient (Wildman–Crippen LogP) is 3.75. The minimum Gasteiger partial charge on any atom is -0.494 e. The lowest BCUT2D eigenvalue weighted by molar-refractivity contribution is -0.134. The van der Waals surface area contributed by atoms with Gasteiger partial charge in [-0.15, -0.1) is 0 Å². The molecule has 32 heavy (non-hydrogen) atoms. The molecule has 7 heteroatoms. The molecule has 0 atom stereocenters. The zero-order chi connectivity index (χ0) is 22.3. The molecular formula is C25H29NO6. The van der Waals surface area contributed by atoms with Gasteiger partial charge in [0.1, 0.15) is 24.7 Å². The van der Waals surface area contributed by atoms with Crippen LogP contribution in [0.5, 0.6) is 23.0 Å². The van der Waals surface area contributed by atoms with E-state index in [0.29, 0.717) is 68.6 Å². The number of ketones is 1. The van der Waals surface area contributed by atoms with Crippen LogP contribution in [0, 0.1) is 5.92 Å². The highest BCUT2D eigenvalue weighted by Gasteiger charge is 2.29. The number of likely N-dealkylation sites (tertiary alicyclic amines) is 1. The zero-order valence-electron chi connectivity index (χ0n) is 18.4. The highest BCUT2D eigenvalue weighted by molar-refractivity contribution is 5.98. The Bertz CT molecular complexity index is 934. The number of nitrogens with zero attached hydrogens (tertiary/aromatic N) is 1. The summed E-state index contributed by atoms with van der Waals surface area (Å²) < 4.78 is 22.3. The van der Waals surface area contributed by atoms with Gasteiger partial charge in [0.05, 0.1) is 6.61 Å². The smallest absolute Gasteiger partial charge is 0.260 e. The van der Waals surface area contributed by atoms with Gasteiger partial charge in [0.2, 0.25) is 0 Å². The second-order valence-electron chi connectivity index (χ2n) is 7.99. The monoisotopic (exact) mass is 439 g/mol. The number of piperidine rings is 1. The maximum atomic E-state index is 12.9. The van der Waals surface area contributed by atoms with Crippen LogP contribution in [0.1, 0.15) is 36.5 Å². The van der Waals surface area contributed by atoms with E-state index in [1.54, 1.807) is 35.2 Å². The zero-order valence-corrected chi connectivity index (χ0v) is 18.4. The quantitative estimate of drug-likeness (QED) is 0.584. The van der Waals surface area contributed by atoms with Gasteiger partial charge in [-0.05, 0) is 61.7 Å². The summed E-state index contributed by atoms with van der Waals surface area (Å²) in [6.07, 6.45) is 2.23. The lowest BCUT2D eigenvalue weighted by Gasteiger charge is -2.31. The Morgan fingerprint density at radius 2 is 1.59 bits per heavy atom. The minimum atomic E-state index is -0.0989. The fourth-order valence-electron chi connectivity index (χ4n) is 3.91. The van der Waals surface area contributed by atoms with E-state index in [1.807, 2.05) is 12.1 Å². The van der Waals surface area contributed by atoms with Crippen molar-refractivity contribution in [3.63, 3.8) is 0 Å². The lowest BCUT2D eigenvalue weighted by atomic mass is 9.88. The van der Waals surface area contributed by atoms with Crippen molar-refractivity contribution >= 4 is 11.7 Å². The molecule has 2 aliphatic heterocycles. The standard InChI is InChI=1S/C25H29NO6/c1-2-13-29-20-4-6-21(7-5-20)32-17-24(27)26-11-9-18(10-12-26)25(28)19-3-8-22-23(16-19)31-15-14-30-22/h3-8,16,18H,2,9-15,17H2,1H3. The molecular weight excluding hydrogens is 410 g/mol. The number of fused-ring (bicyclic) bond motifs is 1. The molecule has 2 aromatic carbocycles. The molecule has 0 N–H and O–H groups in total. The van der Waals surface area contributed by atoms with Crippen molar-refractivity contribution in [3.05, 3.63) is 48.0 Å². The van der Waals surface area contributed by atoms with Gasteiger partial charge in [-0.2, -0.15) is 0 Å². The largest absolute Gasteiger partial charge is 0.494 e. The van der Waals surface area contributed by atoms with Crippen LogP contribution in [0.4, 0.5) is 0 Å². The molecule has 0 radical (unpaired) electrons. The van der Waals surface area contributed by atoms with E-state index in [1.165, 1.54) is 0 Å². The van der Waals surface area contributed by atoms with Crippen LogP contribution in [-0.4, -0.2) is 56.1 Å². The minimum absolute atomic E-state index is 0.0179. The van der Waals surface area contributed by atoms with Crippen molar-refractivity contribution in [2.24, 2.45) is 5.92 Å². The van der Waals surface area contributed by atoms with Crippen LogP contribution in [0.3, 0.4) is 0 Å². The van der Waals surface area contributed by atoms with Gasteiger partial charge in [0.25, 0.3) is 5.91 Å². The molecule has 2 aromatic rings. The third-order valence-corrected chi connectivity index (χ3v) is 5.70. The van der Waals surface area contributed by atoms with Crippen LogP contribution < -0.4 is 18.9 Å². The predicted molar refractivity (Wildman–Crippen MR) is 119 cm³/mol. The fraction of sp³-hybridized carbons (Fsp3) is 0.440. The molecule has 170 valence electrons. The molecule has 1 fully saturated rings. The van der Waals surface area contributed by atoms with Gasteiger partial charge in [-0.3, -0.25) is 9.59 Å². The molecule has 1 saturated heterocycles. The maximum absolute atomic E-state index is 12.9. The van der Waals surface area contributed by atoms with Crippen LogP contribution >= 0.6 is 0 Å². The second-order valence-corrected chi connectivity index (χ2v) is 7.99. The Morgan fingerprint density at radius 3 is 2.28 bits per heavy atom. The highest BCUT2D eigenvalue weighted by Crippen LogP contribution is 2.32. The molecule has 0 aromatic heterocycles. The van der Waals surface area contributed by atoms with E-state index >= 15 is 0 Å². The summed E-state index contributed by atoms with van der Waals surface area (Å²) in [6.45, 7) is 4.82. The number of Topliss-reactive ketones (excluding diaryl/α,β-unsaturated/α-hetero) is 1. The number of hydrogen-bond donors (Lipinski definition) is 0. The average Bonchev–Trinajstić information content (AvgIpc) is 2.86. The third-order valence-electron chi connectivity index (χ3n) is 5.70. The number of carbonyl (C=O) groups excluding carboxylic acids is 2. The molecule has 0 saturated carbocycles. The van der Waals surface area contributed by atoms with Gasteiger partial charge in [0.15, 0.2) is 23.9 Å². The maximum Gasteiger partial charge on any atom is 0.260 e. The first-order chi connectivity index (χ1) is 15.6. The molecule has 1 amide bonds. The fourth-order valence-corrected chi connectivity index (χ4v) is 3.91. The van der Waals surface area contributed by atoms with E-state index in [2.05, 4.69) is 6.92 Å². The summed E-state index contributed by atoms with van der Waals surface area (Å²) in [4.78, 5) is 27.2. The molecule has 7 nitrogen and oxygen atoms in total. The number of amides is 1. The van der Waals surface area contributed by atoms with E-state index in [4.69, 9.17) is 18.9 Å². The van der Waals surface area contributed by atoms with E-state index in [0.717, 1.165) is 12.2 Å². The summed E-state index contributed by atoms with van der Waals surface area (Å²) in [6, 6.07) is 12.6. The van der Waals surface area contributed by atoms with Crippen LogP contribution in [0.25, 0.3) is 0 Å². The van der Waals surface area contributed by atoms with Crippen molar-refractivity contribution in [3.8, 4) is 23.0 Å². The number of benzene rings is 2. The van der Waals surface area contributed by atoms with Crippen LogP contribution in [-0.2, 0) is 4.79 Å². The van der Waals surface area contributed by atoms with Gasteiger partial charge < -0.3 is 23.8 Å². The van der Waals surface area contributed by atoms with E-state index < -0.39 is 0 Å². The van der Waals surface area contributed by atoms with Gasteiger partial charge in [0, 0.05) is 24.6 Å². The molecule has 0 aliphatic carbocycles. The Hall–Kier alpha value is -3.22. The highest BCUT2D eigenvalue weighted by atomic mass is 16.6. The van der Waals surface area contributed by atoms with Crippen LogP contribution in [0.2, 0.25) is 0 Å². The molecule has 4 rings (SSSR count). The van der Waals surface area contributed by atoms with Crippen molar-refractivity contribution in [2.75, 3.05) is 39.5 Å². The van der Waals surface area contributed by atoms with Crippen LogP contribution in [0.15, 0.2) is 42.5 Å². The molecule has 2 aliphatic rings. The summed E-state index contributed by atoms with van der Waals surface area (Å²) >= 11 is 0. The number of hydrogen-bond acceptors (Lipinski definition) is 6. The third kappa shape index (κ3) is 5.33. The van der Waals surface area contributed by atoms with E-state index in [-0.39, 0.29) is 24.2 Å². The van der Waals surface area contributed by atoms with Gasteiger partial charge >= 0.3 is 0 Å². The summed E-state index contributed by atoms with van der Waals surface area (Å²) in [5.74, 6) is 2.64. The summed E-state index contributed by atoms with van der Waals surface area (Å²) in [5.41, 5.74) is 0.633. The lowest BCUT2D eigenvalue weighted by Crippen LogP contribution is -2.42. The SMILES string of the molecule is CCCOc1ccc(OCC(=O)N2CCC(C(=O)c3ccc4c(c3)OCCO4)CC2)cc1. The summed E-state index contributed by atoms with van der Waals surface area (Å²) in [7, 11) is 0. The Morgan fingerprint density at radius 1 is 0.938 bits per heavy atom. The number of ether oxygens (including phenoxy) is 4. The normalized spacial score (nSPS) is 15.8. The first-order valence-corrected chi connectivity index (χ1v) is 11.2. The Balaban J connectivity index is 1.24. The van der Waals surface area contributed by atoms with Crippen molar-refractivity contribution < 1.29 is 28.5 Å². The molecule has 0 bridgehead atoms. The van der Waals surface area contributed by atoms with Gasteiger partial charge in [-0.1, -0.05) is 6.92 Å². The number of rotatable bonds is 8.